The van der Waals surface area contributed by atoms with Crippen molar-refractivity contribution in [3.63, 3.8) is 0 Å². The van der Waals surface area contributed by atoms with Crippen LogP contribution in [0.15, 0.2) is 0 Å². The van der Waals surface area contributed by atoms with Crippen molar-refractivity contribution in [3.05, 3.63) is 0 Å². The molecule has 0 spiro atoms. The number of amides is 1. The minimum absolute atomic E-state index is 0.0399. The summed E-state index contributed by atoms with van der Waals surface area (Å²) in [6, 6.07) is 0.572. The van der Waals surface area contributed by atoms with E-state index in [0.717, 1.165) is 32.5 Å². The summed E-state index contributed by atoms with van der Waals surface area (Å²) in [5.74, 6) is 0.164. The van der Waals surface area contributed by atoms with Gasteiger partial charge in [0.05, 0.1) is 6.04 Å². The summed E-state index contributed by atoms with van der Waals surface area (Å²) < 4.78 is 0. The number of hydrogen-bond acceptors (Lipinski definition) is 3. The number of likely N-dealkylation sites (N-methyl/N-ethyl adjacent to an activating group) is 1. The fourth-order valence-corrected chi connectivity index (χ4v) is 1.81. The lowest BCUT2D eigenvalue weighted by Crippen LogP contribution is -2.48. The highest BCUT2D eigenvalue weighted by Crippen LogP contribution is 2.06. The van der Waals surface area contributed by atoms with Crippen LogP contribution < -0.4 is 10.6 Å². The van der Waals surface area contributed by atoms with Gasteiger partial charge in [0.1, 0.15) is 0 Å². The third-order valence-electron chi connectivity index (χ3n) is 3.27. The second kappa shape index (κ2) is 6.86. The van der Waals surface area contributed by atoms with E-state index >= 15 is 0 Å². The largest absolute Gasteiger partial charge is 0.353 e. The molecule has 1 aliphatic heterocycles. The van der Waals surface area contributed by atoms with Crippen LogP contribution in [-0.4, -0.2) is 49.6 Å². The number of piperidine rings is 1. The van der Waals surface area contributed by atoms with Gasteiger partial charge in [-0.25, -0.2) is 0 Å². The van der Waals surface area contributed by atoms with Gasteiger partial charge in [-0.15, -0.1) is 0 Å². The minimum Gasteiger partial charge on any atom is -0.353 e. The van der Waals surface area contributed by atoms with Crippen LogP contribution in [0.1, 0.15) is 33.1 Å². The maximum absolute atomic E-state index is 11.8. The van der Waals surface area contributed by atoms with Gasteiger partial charge >= 0.3 is 0 Å². The Labute approximate surface area is 98.8 Å². The first kappa shape index (κ1) is 13.5. The highest BCUT2D eigenvalue weighted by molar-refractivity contribution is 5.81. The van der Waals surface area contributed by atoms with Crippen LogP contribution in [-0.2, 0) is 4.79 Å². The third kappa shape index (κ3) is 4.49. The number of nitrogens with one attached hydrogen (secondary N) is 2. The van der Waals surface area contributed by atoms with Crippen LogP contribution in [0, 0.1) is 0 Å². The second-order valence-corrected chi connectivity index (χ2v) is 4.87. The summed E-state index contributed by atoms with van der Waals surface area (Å²) in [5.41, 5.74) is 0. The average molecular weight is 227 g/mol. The van der Waals surface area contributed by atoms with E-state index in [-0.39, 0.29) is 11.9 Å². The molecule has 4 heteroatoms. The smallest absolute Gasteiger partial charge is 0.237 e. The first-order valence-electron chi connectivity index (χ1n) is 6.32. The highest BCUT2D eigenvalue weighted by atomic mass is 16.2. The molecule has 94 valence electrons. The Morgan fingerprint density at radius 3 is 2.81 bits per heavy atom. The lowest BCUT2D eigenvalue weighted by Gasteiger charge is -2.24. The highest BCUT2D eigenvalue weighted by Gasteiger charge is 2.19. The first-order chi connectivity index (χ1) is 7.61. The van der Waals surface area contributed by atoms with Gasteiger partial charge in [-0.05, 0) is 40.3 Å². The zero-order chi connectivity index (χ0) is 12.0. The van der Waals surface area contributed by atoms with E-state index in [9.17, 15) is 4.79 Å². The number of carbonyl (C=O) groups excluding carboxylic acids is 1. The van der Waals surface area contributed by atoms with E-state index in [1.807, 2.05) is 0 Å². The molecule has 16 heavy (non-hydrogen) atoms. The molecular formula is C12H25N3O. The number of nitrogens with zero attached hydrogens (tertiary/aromatic N) is 1. The van der Waals surface area contributed by atoms with Gasteiger partial charge in [0, 0.05) is 19.1 Å². The van der Waals surface area contributed by atoms with E-state index in [2.05, 4.69) is 36.4 Å². The Bertz CT molecular complexity index is 212. The maximum atomic E-state index is 11.8. The Morgan fingerprint density at radius 1 is 1.50 bits per heavy atom. The van der Waals surface area contributed by atoms with Gasteiger partial charge in [0.2, 0.25) is 5.91 Å². The van der Waals surface area contributed by atoms with Gasteiger partial charge in [-0.1, -0.05) is 6.42 Å². The fourth-order valence-electron chi connectivity index (χ4n) is 1.81. The number of rotatable bonds is 5. The van der Waals surface area contributed by atoms with E-state index in [1.165, 1.54) is 6.42 Å². The standard InChI is InChI=1S/C12H25N3O/c1-10(2)15(3)9-8-14-12(16)11-6-4-5-7-13-11/h10-11,13H,4-9H2,1-3H3,(H,14,16)/t11-/m1/s1. The lowest BCUT2D eigenvalue weighted by molar-refractivity contribution is -0.123. The van der Waals surface area contributed by atoms with E-state index in [0.29, 0.717) is 6.04 Å². The summed E-state index contributed by atoms with van der Waals surface area (Å²) in [5, 5.41) is 6.25. The molecule has 1 saturated heterocycles. The number of carbonyl (C=O) groups is 1. The molecule has 1 aliphatic rings. The second-order valence-electron chi connectivity index (χ2n) is 4.87. The fraction of sp³-hybridized carbons (Fsp3) is 0.917. The quantitative estimate of drug-likeness (QED) is 0.722. The molecule has 2 N–H and O–H groups in total. The Kier molecular flexibility index (Phi) is 5.77. The van der Waals surface area contributed by atoms with Crippen molar-refractivity contribution in [3.8, 4) is 0 Å². The van der Waals surface area contributed by atoms with Gasteiger partial charge in [0.15, 0.2) is 0 Å². The van der Waals surface area contributed by atoms with Gasteiger partial charge in [-0.3, -0.25) is 4.79 Å². The summed E-state index contributed by atoms with van der Waals surface area (Å²) in [6.45, 7) is 6.95. The summed E-state index contributed by atoms with van der Waals surface area (Å²) in [7, 11) is 2.08. The average Bonchev–Trinajstić information content (AvgIpc) is 2.29. The summed E-state index contributed by atoms with van der Waals surface area (Å²) in [4.78, 5) is 14.0. The molecule has 1 amide bonds. The van der Waals surface area contributed by atoms with Crippen LogP contribution in [0.5, 0.6) is 0 Å². The third-order valence-corrected chi connectivity index (χ3v) is 3.27. The molecule has 1 fully saturated rings. The predicted octanol–water partition coefficient (Wildman–Crippen LogP) is 0.585. The molecule has 1 rings (SSSR count). The van der Waals surface area contributed by atoms with Crippen LogP contribution in [0.25, 0.3) is 0 Å². The number of hydrogen-bond donors (Lipinski definition) is 2. The zero-order valence-corrected chi connectivity index (χ0v) is 10.8. The van der Waals surface area contributed by atoms with Crippen LogP contribution >= 0.6 is 0 Å². The molecule has 1 heterocycles. The molecule has 1 atom stereocenters. The normalized spacial score (nSPS) is 21.4. The van der Waals surface area contributed by atoms with Crippen molar-refractivity contribution in [2.75, 3.05) is 26.7 Å². The molecule has 0 unspecified atom stereocenters. The molecule has 0 aromatic carbocycles. The minimum atomic E-state index is 0.0399. The van der Waals surface area contributed by atoms with Crippen molar-refractivity contribution in [2.45, 2.75) is 45.2 Å². The van der Waals surface area contributed by atoms with Crippen molar-refractivity contribution < 1.29 is 4.79 Å². The summed E-state index contributed by atoms with van der Waals surface area (Å²) in [6.07, 6.45) is 3.34. The topological polar surface area (TPSA) is 44.4 Å². The molecule has 0 aromatic heterocycles. The van der Waals surface area contributed by atoms with Gasteiger partial charge in [0.25, 0.3) is 0 Å². The molecule has 0 aliphatic carbocycles. The molecular weight excluding hydrogens is 202 g/mol. The molecule has 0 aromatic rings. The molecule has 0 bridgehead atoms. The zero-order valence-electron chi connectivity index (χ0n) is 10.8. The molecule has 4 nitrogen and oxygen atoms in total. The van der Waals surface area contributed by atoms with Crippen LogP contribution in [0.2, 0.25) is 0 Å². The van der Waals surface area contributed by atoms with E-state index in [1.54, 1.807) is 0 Å². The van der Waals surface area contributed by atoms with Crippen molar-refractivity contribution in [2.24, 2.45) is 0 Å². The van der Waals surface area contributed by atoms with Crippen LogP contribution in [0.3, 0.4) is 0 Å². The Balaban J connectivity index is 2.14. The SMILES string of the molecule is CC(C)N(C)CCNC(=O)[C@H]1CCCCN1. The Hall–Kier alpha value is -0.610. The monoisotopic (exact) mass is 227 g/mol. The maximum Gasteiger partial charge on any atom is 0.237 e. The van der Waals surface area contributed by atoms with Gasteiger partial charge in [-0.2, -0.15) is 0 Å². The lowest BCUT2D eigenvalue weighted by atomic mass is 10.0. The predicted molar refractivity (Wildman–Crippen MR) is 66.4 cm³/mol. The van der Waals surface area contributed by atoms with E-state index < -0.39 is 0 Å². The Morgan fingerprint density at radius 2 is 2.25 bits per heavy atom. The molecule has 0 radical (unpaired) electrons. The van der Waals surface area contributed by atoms with E-state index in [4.69, 9.17) is 0 Å². The van der Waals surface area contributed by atoms with Crippen molar-refractivity contribution >= 4 is 5.91 Å². The van der Waals surface area contributed by atoms with Crippen LogP contribution in [0.4, 0.5) is 0 Å². The first-order valence-corrected chi connectivity index (χ1v) is 6.32. The van der Waals surface area contributed by atoms with Gasteiger partial charge < -0.3 is 15.5 Å². The summed E-state index contributed by atoms with van der Waals surface area (Å²) >= 11 is 0. The van der Waals surface area contributed by atoms with Crippen molar-refractivity contribution in [1.82, 2.24) is 15.5 Å². The van der Waals surface area contributed by atoms with Crippen molar-refractivity contribution in [1.29, 1.82) is 0 Å². The molecule has 0 saturated carbocycles.